The summed E-state index contributed by atoms with van der Waals surface area (Å²) in [5.41, 5.74) is 1.78. The van der Waals surface area contributed by atoms with Crippen molar-refractivity contribution in [1.82, 2.24) is 8.87 Å². The summed E-state index contributed by atoms with van der Waals surface area (Å²) in [5, 5.41) is 11.9. The maximum absolute atomic E-state index is 14.2. The zero-order valence-corrected chi connectivity index (χ0v) is 13.5. The largest absolute Gasteiger partial charge is 0.390 e. The van der Waals surface area contributed by atoms with E-state index in [0.717, 1.165) is 16.4 Å². The van der Waals surface area contributed by atoms with E-state index in [1.54, 1.807) is 18.0 Å². The molecule has 0 amide bonds. The molecule has 1 N–H and O–H groups in total. The van der Waals surface area contributed by atoms with Crippen molar-refractivity contribution in [1.29, 1.82) is 0 Å². The molecule has 0 radical (unpaired) electrons. The molecule has 0 spiro atoms. The highest BCUT2D eigenvalue weighted by Gasteiger charge is 2.16. The Morgan fingerprint density at radius 1 is 1.18 bits per heavy atom. The van der Waals surface area contributed by atoms with Gasteiger partial charge >= 0.3 is 0 Å². The minimum absolute atomic E-state index is 0.219. The lowest BCUT2D eigenvalue weighted by Gasteiger charge is -2.19. The van der Waals surface area contributed by atoms with E-state index in [1.807, 2.05) is 52.5 Å². The number of aliphatic hydroxyl groups excluding tert-OH is 1. The van der Waals surface area contributed by atoms with Gasteiger partial charge in [-0.3, -0.25) is 4.31 Å². The van der Waals surface area contributed by atoms with Gasteiger partial charge in [-0.25, -0.2) is 4.39 Å². The van der Waals surface area contributed by atoms with Crippen molar-refractivity contribution in [3.63, 3.8) is 0 Å². The number of fused-ring (bicyclic) bond motifs is 3. The van der Waals surface area contributed by atoms with Crippen LogP contribution < -0.4 is 0 Å². The lowest BCUT2D eigenvalue weighted by atomic mass is 10.1. The first kappa shape index (κ1) is 15.3. The van der Waals surface area contributed by atoms with Crippen LogP contribution in [0.1, 0.15) is 0 Å². The van der Waals surface area contributed by atoms with Crippen molar-refractivity contribution in [2.75, 3.05) is 19.8 Å². The van der Waals surface area contributed by atoms with Crippen molar-refractivity contribution >= 4 is 33.8 Å². The van der Waals surface area contributed by atoms with Crippen molar-refractivity contribution in [3.05, 3.63) is 48.3 Å². The fraction of sp³-hybridized carbons (Fsp3) is 0.294. The number of hydrogen-bond acceptors (Lipinski definition) is 3. The second-order valence-corrected chi connectivity index (χ2v) is 6.40. The summed E-state index contributed by atoms with van der Waals surface area (Å²) in [6, 6.07) is 12.9. The van der Waals surface area contributed by atoms with Crippen LogP contribution in [0, 0.1) is 5.82 Å². The Labute approximate surface area is 133 Å². The molecule has 0 aliphatic heterocycles. The van der Waals surface area contributed by atoms with Gasteiger partial charge in [-0.15, -0.1) is 0 Å². The third kappa shape index (κ3) is 2.72. The van der Waals surface area contributed by atoms with Crippen LogP contribution in [0.3, 0.4) is 0 Å². The third-order valence-electron chi connectivity index (χ3n) is 3.92. The molecule has 1 heterocycles. The minimum Gasteiger partial charge on any atom is -0.390 e. The number of nitrogens with zero attached hydrogens (tertiary/aromatic N) is 2. The second kappa shape index (κ2) is 6.28. The van der Waals surface area contributed by atoms with Gasteiger partial charge < -0.3 is 9.67 Å². The predicted molar refractivity (Wildman–Crippen MR) is 91.6 cm³/mol. The van der Waals surface area contributed by atoms with E-state index in [0.29, 0.717) is 18.5 Å². The van der Waals surface area contributed by atoms with Crippen LogP contribution in [0.25, 0.3) is 21.8 Å². The number of benzene rings is 2. The minimum atomic E-state index is -0.514. The number of likely N-dealkylation sites (N-methyl/N-ethyl adjacent to an activating group) is 1. The van der Waals surface area contributed by atoms with E-state index < -0.39 is 6.10 Å². The van der Waals surface area contributed by atoms with Gasteiger partial charge in [0.05, 0.1) is 18.2 Å². The standard InChI is InChI=1S/C17H19FN2OS/c1-19(22-2)10-12(21)11-20-15-8-4-3-6-13(15)17-14(18)7-5-9-16(17)20/h3-9,12,21H,10-11H2,1-2H3. The summed E-state index contributed by atoms with van der Waals surface area (Å²) in [6.45, 7) is 1.00. The molecule has 0 bridgehead atoms. The third-order valence-corrected chi connectivity index (χ3v) is 4.69. The molecule has 3 aromatic rings. The molecule has 0 saturated heterocycles. The van der Waals surface area contributed by atoms with Gasteiger partial charge in [0, 0.05) is 22.8 Å². The Kier molecular flexibility index (Phi) is 4.38. The zero-order chi connectivity index (χ0) is 15.7. The maximum Gasteiger partial charge on any atom is 0.133 e. The van der Waals surface area contributed by atoms with Gasteiger partial charge in [-0.05, 0) is 31.5 Å². The Hall–Kier alpha value is -1.56. The molecule has 0 aliphatic carbocycles. The van der Waals surface area contributed by atoms with Crippen molar-refractivity contribution in [3.8, 4) is 0 Å². The summed E-state index contributed by atoms with van der Waals surface area (Å²) < 4.78 is 18.2. The lowest BCUT2D eigenvalue weighted by Crippen LogP contribution is -2.28. The highest BCUT2D eigenvalue weighted by Crippen LogP contribution is 2.31. The Morgan fingerprint density at radius 3 is 2.68 bits per heavy atom. The number of rotatable bonds is 5. The van der Waals surface area contributed by atoms with Gasteiger partial charge in [-0.2, -0.15) is 0 Å². The van der Waals surface area contributed by atoms with Gasteiger partial charge in [-0.1, -0.05) is 36.2 Å². The molecular weight excluding hydrogens is 299 g/mol. The summed E-state index contributed by atoms with van der Waals surface area (Å²) >= 11 is 1.58. The number of halogens is 1. The van der Waals surface area contributed by atoms with E-state index in [1.165, 1.54) is 6.07 Å². The molecule has 1 unspecified atom stereocenters. The average molecular weight is 318 g/mol. The average Bonchev–Trinajstić information content (AvgIpc) is 2.83. The van der Waals surface area contributed by atoms with Gasteiger partial charge in [0.25, 0.3) is 0 Å². The van der Waals surface area contributed by atoms with E-state index >= 15 is 0 Å². The van der Waals surface area contributed by atoms with Crippen molar-refractivity contribution in [2.24, 2.45) is 0 Å². The molecule has 2 aromatic carbocycles. The quantitative estimate of drug-likeness (QED) is 0.730. The summed E-state index contributed by atoms with van der Waals surface area (Å²) in [6.07, 6.45) is 1.46. The number of aromatic nitrogens is 1. The Balaban J connectivity index is 2.09. The number of para-hydroxylation sites is 1. The fourth-order valence-electron chi connectivity index (χ4n) is 2.89. The number of hydrogen-bond donors (Lipinski definition) is 1. The molecule has 3 rings (SSSR count). The smallest absolute Gasteiger partial charge is 0.133 e. The van der Waals surface area contributed by atoms with Gasteiger partial charge in [0.2, 0.25) is 0 Å². The van der Waals surface area contributed by atoms with Crippen LogP contribution in [0.2, 0.25) is 0 Å². The van der Waals surface area contributed by atoms with Crippen LogP contribution in [0.15, 0.2) is 42.5 Å². The van der Waals surface area contributed by atoms with Crippen LogP contribution in [0.5, 0.6) is 0 Å². The molecule has 5 heteroatoms. The molecular formula is C17H19FN2OS. The van der Waals surface area contributed by atoms with Crippen LogP contribution >= 0.6 is 11.9 Å². The summed E-state index contributed by atoms with van der Waals surface area (Å²) in [4.78, 5) is 0. The topological polar surface area (TPSA) is 28.4 Å². The molecule has 1 aromatic heterocycles. The van der Waals surface area contributed by atoms with E-state index in [4.69, 9.17) is 0 Å². The second-order valence-electron chi connectivity index (χ2n) is 5.41. The van der Waals surface area contributed by atoms with Gasteiger partial charge in [0.15, 0.2) is 0 Å². The Bertz CT molecular complexity index is 802. The molecule has 0 saturated carbocycles. The summed E-state index contributed by atoms with van der Waals surface area (Å²) in [5.74, 6) is -0.219. The molecule has 116 valence electrons. The highest BCUT2D eigenvalue weighted by molar-refractivity contribution is 7.96. The van der Waals surface area contributed by atoms with E-state index in [-0.39, 0.29) is 5.82 Å². The normalized spacial score (nSPS) is 13.3. The van der Waals surface area contributed by atoms with E-state index in [9.17, 15) is 9.50 Å². The van der Waals surface area contributed by atoms with E-state index in [2.05, 4.69) is 0 Å². The van der Waals surface area contributed by atoms with Gasteiger partial charge in [0.1, 0.15) is 5.82 Å². The van der Waals surface area contributed by atoms with Crippen molar-refractivity contribution < 1.29 is 9.50 Å². The lowest BCUT2D eigenvalue weighted by molar-refractivity contribution is 0.139. The molecule has 1 atom stereocenters. The first-order chi connectivity index (χ1) is 10.6. The molecule has 0 fully saturated rings. The fourth-order valence-corrected chi connectivity index (χ4v) is 3.21. The Morgan fingerprint density at radius 2 is 1.91 bits per heavy atom. The van der Waals surface area contributed by atoms with Crippen molar-refractivity contribution in [2.45, 2.75) is 12.6 Å². The SMILES string of the molecule is CSN(C)CC(O)Cn1c2ccccc2c2c(F)cccc21. The van der Waals surface area contributed by atoms with Crippen LogP contribution in [-0.4, -0.2) is 39.9 Å². The summed E-state index contributed by atoms with van der Waals surface area (Å²) in [7, 11) is 1.94. The predicted octanol–water partition coefficient (Wildman–Crippen LogP) is 3.50. The monoisotopic (exact) mass is 318 g/mol. The first-order valence-electron chi connectivity index (χ1n) is 7.20. The van der Waals surface area contributed by atoms with Crippen LogP contribution in [-0.2, 0) is 6.54 Å². The zero-order valence-electron chi connectivity index (χ0n) is 12.7. The van der Waals surface area contributed by atoms with Crippen LogP contribution in [0.4, 0.5) is 4.39 Å². The molecule has 3 nitrogen and oxygen atoms in total. The first-order valence-corrected chi connectivity index (χ1v) is 8.38. The number of aliphatic hydroxyl groups is 1. The molecule has 0 aliphatic rings. The molecule has 22 heavy (non-hydrogen) atoms. The highest BCUT2D eigenvalue weighted by atomic mass is 32.2. The maximum atomic E-state index is 14.2.